The van der Waals surface area contributed by atoms with E-state index in [-0.39, 0.29) is 17.2 Å². The fourth-order valence-electron chi connectivity index (χ4n) is 4.65. The molecule has 1 aliphatic rings. The Morgan fingerprint density at radius 2 is 1.66 bits per heavy atom. The standard InChI is InChI=1S/C29H33ClN2O5S/c1-31(21-23-7-4-3-5-8-23)28(33)20-29(22-37-25-13-11-24(30)12-14-25)15-17-32(18-16-29)38(34,35)27-10-6-9-26(19-27)36-2/h3-14,19H,15-18,20-22H2,1-2H3. The lowest BCUT2D eigenvalue weighted by Gasteiger charge is -2.41. The van der Waals surface area contributed by atoms with Gasteiger partial charge in [0, 0.05) is 49.6 Å². The van der Waals surface area contributed by atoms with Gasteiger partial charge < -0.3 is 14.4 Å². The zero-order valence-electron chi connectivity index (χ0n) is 21.7. The number of nitrogens with zero attached hydrogens (tertiary/aromatic N) is 2. The van der Waals surface area contributed by atoms with Gasteiger partial charge in [0.1, 0.15) is 11.5 Å². The number of amides is 1. The van der Waals surface area contributed by atoms with Crippen LogP contribution in [0.2, 0.25) is 5.02 Å². The second-order valence-corrected chi connectivity index (χ2v) is 12.1. The Labute approximate surface area is 230 Å². The summed E-state index contributed by atoms with van der Waals surface area (Å²) in [4.78, 5) is 15.3. The van der Waals surface area contributed by atoms with Crippen molar-refractivity contribution in [2.24, 2.45) is 5.41 Å². The molecule has 0 saturated carbocycles. The maximum absolute atomic E-state index is 13.4. The van der Waals surface area contributed by atoms with Gasteiger partial charge in [-0.25, -0.2) is 8.42 Å². The molecular weight excluding hydrogens is 524 g/mol. The third-order valence-electron chi connectivity index (χ3n) is 7.04. The van der Waals surface area contributed by atoms with Crippen LogP contribution in [0.1, 0.15) is 24.8 Å². The number of methoxy groups -OCH3 is 1. The Morgan fingerprint density at radius 1 is 0.974 bits per heavy atom. The molecule has 3 aromatic carbocycles. The molecule has 1 saturated heterocycles. The molecule has 1 heterocycles. The molecule has 7 nitrogen and oxygen atoms in total. The van der Waals surface area contributed by atoms with Gasteiger partial charge in [-0.1, -0.05) is 48.0 Å². The van der Waals surface area contributed by atoms with Crippen molar-refractivity contribution in [3.8, 4) is 11.5 Å². The van der Waals surface area contributed by atoms with Crippen molar-refractivity contribution in [2.45, 2.75) is 30.7 Å². The zero-order valence-corrected chi connectivity index (χ0v) is 23.2. The van der Waals surface area contributed by atoms with Gasteiger partial charge in [-0.2, -0.15) is 4.31 Å². The number of rotatable bonds is 10. The summed E-state index contributed by atoms with van der Waals surface area (Å²) >= 11 is 6.01. The topological polar surface area (TPSA) is 76.1 Å². The average molecular weight is 557 g/mol. The van der Waals surface area contributed by atoms with Gasteiger partial charge in [-0.3, -0.25) is 4.79 Å². The van der Waals surface area contributed by atoms with Crippen LogP contribution in [-0.2, 0) is 21.4 Å². The summed E-state index contributed by atoms with van der Waals surface area (Å²) in [5.74, 6) is 1.14. The Hall–Kier alpha value is -3.07. The lowest BCUT2D eigenvalue weighted by Crippen LogP contribution is -2.47. The monoisotopic (exact) mass is 556 g/mol. The molecule has 0 spiro atoms. The summed E-state index contributed by atoms with van der Waals surface area (Å²) in [5.41, 5.74) is 0.538. The van der Waals surface area contributed by atoms with Crippen molar-refractivity contribution in [1.29, 1.82) is 0 Å². The number of hydrogen-bond donors (Lipinski definition) is 0. The molecule has 202 valence electrons. The SMILES string of the molecule is COc1cccc(S(=O)(=O)N2CCC(COc3ccc(Cl)cc3)(CC(=O)N(C)Cc3ccccc3)CC2)c1. The Bertz CT molecular complexity index is 1320. The van der Waals surface area contributed by atoms with E-state index >= 15 is 0 Å². The lowest BCUT2D eigenvalue weighted by atomic mass is 9.76. The highest BCUT2D eigenvalue weighted by molar-refractivity contribution is 7.89. The maximum atomic E-state index is 13.4. The second kappa shape index (κ2) is 12.2. The van der Waals surface area contributed by atoms with E-state index in [4.69, 9.17) is 21.1 Å². The average Bonchev–Trinajstić information content (AvgIpc) is 2.93. The van der Waals surface area contributed by atoms with Crippen molar-refractivity contribution in [1.82, 2.24) is 9.21 Å². The van der Waals surface area contributed by atoms with E-state index in [2.05, 4.69) is 0 Å². The largest absolute Gasteiger partial charge is 0.497 e. The third kappa shape index (κ3) is 6.87. The first-order valence-electron chi connectivity index (χ1n) is 12.5. The first-order chi connectivity index (χ1) is 18.2. The van der Waals surface area contributed by atoms with E-state index in [1.165, 1.54) is 17.5 Å². The molecule has 1 aliphatic heterocycles. The van der Waals surface area contributed by atoms with Crippen LogP contribution < -0.4 is 9.47 Å². The number of sulfonamides is 1. The Morgan fingerprint density at radius 3 is 2.32 bits per heavy atom. The van der Waals surface area contributed by atoms with Crippen molar-refractivity contribution in [2.75, 3.05) is 33.9 Å². The van der Waals surface area contributed by atoms with Crippen LogP contribution in [0.5, 0.6) is 11.5 Å². The van der Waals surface area contributed by atoms with E-state index in [1.54, 1.807) is 54.4 Å². The van der Waals surface area contributed by atoms with Crippen molar-refractivity contribution in [3.05, 3.63) is 89.4 Å². The van der Waals surface area contributed by atoms with Crippen LogP contribution in [-0.4, -0.2) is 57.4 Å². The highest BCUT2D eigenvalue weighted by atomic mass is 35.5. The molecule has 1 fully saturated rings. The third-order valence-corrected chi connectivity index (χ3v) is 9.18. The number of carbonyl (C=O) groups excluding carboxylic acids is 1. The molecule has 3 aromatic rings. The summed E-state index contributed by atoms with van der Waals surface area (Å²) in [6.45, 7) is 1.38. The number of halogens is 1. The highest BCUT2D eigenvalue weighted by Crippen LogP contribution is 2.38. The van der Waals surface area contributed by atoms with Crippen LogP contribution in [0.3, 0.4) is 0 Å². The fraction of sp³-hybridized carbons (Fsp3) is 0.345. The van der Waals surface area contributed by atoms with Gasteiger partial charge in [0.25, 0.3) is 0 Å². The normalized spacial score (nSPS) is 15.6. The van der Waals surface area contributed by atoms with Gasteiger partial charge in [-0.05, 0) is 54.8 Å². The van der Waals surface area contributed by atoms with Crippen molar-refractivity contribution < 1.29 is 22.7 Å². The highest BCUT2D eigenvalue weighted by Gasteiger charge is 2.41. The first kappa shape index (κ1) is 28.0. The van der Waals surface area contributed by atoms with E-state index < -0.39 is 15.4 Å². The molecule has 4 rings (SSSR count). The summed E-state index contributed by atoms with van der Waals surface area (Å²) in [6, 6.07) is 23.4. The lowest BCUT2D eigenvalue weighted by molar-refractivity contribution is -0.134. The van der Waals surface area contributed by atoms with Gasteiger partial charge in [0.2, 0.25) is 15.9 Å². The predicted molar refractivity (Wildman–Crippen MR) is 148 cm³/mol. The van der Waals surface area contributed by atoms with Crippen LogP contribution in [0.4, 0.5) is 0 Å². The molecular formula is C29H33ClN2O5S. The summed E-state index contributed by atoms with van der Waals surface area (Å²) in [6.07, 6.45) is 1.25. The van der Waals surface area contributed by atoms with Crippen LogP contribution >= 0.6 is 11.6 Å². The maximum Gasteiger partial charge on any atom is 0.243 e. The molecule has 9 heteroatoms. The molecule has 0 atom stereocenters. The zero-order chi connectivity index (χ0) is 27.2. The summed E-state index contributed by atoms with van der Waals surface area (Å²) < 4.78 is 39.5. The van der Waals surface area contributed by atoms with E-state index in [1.807, 2.05) is 30.3 Å². The van der Waals surface area contributed by atoms with Gasteiger partial charge in [0.05, 0.1) is 18.6 Å². The quantitative estimate of drug-likeness (QED) is 0.341. The number of hydrogen-bond acceptors (Lipinski definition) is 5. The van der Waals surface area contributed by atoms with Gasteiger partial charge in [0.15, 0.2) is 0 Å². The molecule has 0 radical (unpaired) electrons. The van der Waals surface area contributed by atoms with Crippen molar-refractivity contribution >= 4 is 27.5 Å². The van der Waals surface area contributed by atoms with Crippen LogP contribution in [0.15, 0.2) is 83.8 Å². The molecule has 38 heavy (non-hydrogen) atoms. The van der Waals surface area contributed by atoms with E-state index in [0.29, 0.717) is 55.6 Å². The van der Waals surface area contributed by atoms with Crippen molar-refractivity contribution in [3.63, 3.8) is 0 Å². The van der Waals surface area contributed by atoms with E-state index in [0.717, 1.165) is 5.56 Å². The second-order valence-electron chi connectivity index (χ2n) is 9.74. The molecule has 1 amide bonds. The minimum Gasteiger partial charge on any atom is -0.497 e. The number of ether oxygens (including phenoxy) is 2. The van der Waals surface area contributed by atoms with Gasteiger partial charge >= 0.3 is 0 Å². The predicted octanol–water partition coefficient (Wildman–Crippen LogP) is 5.25. The van der Waals surface area contributed by atoms with Crippen LogP contribution in [0.25, 0.3) is 0 Å². The minimum atomic E-state index is -3.70. The summed E-state index contributed by atoms with van der Waals surface area (Å²) in [5, 5.41) is 0.612. The molecule has 0 aromatic heterocycles. The van der Waals surface area contributed by atoms with Crippen LogP contribution in [0, 0.1) is 5.41 Å². The molecule has 0 bridgehead atoms. The Balaban J connectivity index is 1.49. The Kier molecular flexibility index (Phi) is 8.97. The molecule has 0 unspecified atom stereocenters. The van der Waals surface area contributed by atoms with E-state index in [9.17, 15) is 13.2 Å². The first-order valence-corrected chi connectivity index (χ1v) is 14.3. The fourth-order valence-corrected chi connectivity index (χ4v) is 6.26. The molecule has 0 aliphatic carbocycles. The number of carbonyl (C=O) groups is 1. The smallest absolute Gasteiger partial charge is 0.243 e. The molecule has 0 N–H and O–H groups in total. The van der Waals surface area contributed by atoms with Gasteiger partial charge in [-0.15, -0.1) is 0 Å². The minimum absolute atomic E-state index is 0.00216. The number of piperidine rings is 1. The number of benzene rings is 3. The summed E-state index contributed by atoms with van der Waals surface area (Å²) in [7, 11) is -0.395.